The highest BCUT2D eigenvalue weighted by molar-refractivity contribution is 5.84. The van der Waals surface area contributed by atoms with E-state index in [2.05, 4.69) is 0 Å². The molecule has 5 nitrogen and oxygen atoms in total. The Morgan fingerprint density at radius 3 is 2.27 bits per heavy atom. The van der Waals surface area contributed by atoms with Crippen molar-refractivity contribution < 1.29 is 28.0 Å². The Hall–Kier alpha value is -3.42. The van der Waals surface area contributed by atoms with Gasteiger partial charge in [-0.15, -0.1) is 0 Å². The van der Waals surface area contributed by atoms with E-state index >= 15 is 0 Å². The number of rotatable bonds is 5. The van der Waals surface area contributed by atoms with Gasteiger partial charge in [-0.2, -0.15) is 13.2 Å². The molecule has 1 N–H and O–H groups in total. The smallest absolute Gasteiger partial charge is 0.416 e. The van der Waals surface area contributed by atoms with Crippen molar-refractivity contribution in [2.75, 3.05) is 0 Å². The normalized spacial score (nSPS) is 12.3. The summed E-state index contributed by atoms with van der Waals surface area (Å²) >= 11 is 0. The van der Waals surface area contributed by atoms with E-state index in [1.165, 1.54) is 42.5 Å². The zero-order valence-electron chi connectivity index (χ0n) is 13.1. The molecule has 0 aliphatic heterocycles. The first-order chi connectivity index (χ1) is 12.2. The zero-order valence-corrected chi connectivity index (χ0v) is 13.1. The molecule has 2 aromatic carbocycles. The van der Waals surface area contributed by atoms with E-state index in [0.29, 0.717) is 16.7 Å². The molecule has 0 aliphatic rings. The summed E-state index contributed by atoms with van der Waals surface area (Å²) in [4.78, 5) is 21.0. The van der Waals surface area contributed by atoms with Gasteiger partial charge in [-0.05, 0) is 28.8 Å². The lowest BCUT2D eigenvalue weighted by molar-refractivity contribution is -0.384. The Balaban J connectivity index is 2.53. The highest BCUT2D eigenvalue weighted by Crippen LogP contribution is 2.32. The fraction of sp³-hybridized carbons (Fsp3) is 0.0556. The number of non-ortho nitro benzene ring substituents is 1. The number of carbonyl (C=O) groups is 1. The van der Waals surface area contributed by atoms with Gasteiger partial charge in [0.1, 0.15) is 0 Å². The van der Waals surface area contributed by atoms with Crippen LogP contribution in [-0.4, -0.2) is 16.0 Å². The van der Waals surface area contributed by atoms with Crippen molar-refractivity contribution in [2.45, 2.75) is 6.18 Å². The number of hydrogen-bond acceptors (Lipinski definition) is 3. The number of alkyl halides is 3. The van der Waals surface area contributed by atoms with Crippen LogP contribution in [0.2, 0.25) is 0 Å². The van der Waals surface area contributed by atoms with Crippen LogP contribution >= 0.6 is 0 Å². The molecule has 0 aliphatic carbocycles. The molecule has 0 fully saturated rings. The summed E-state index contributed by atoms with van der Waals surface area (Å²) in [5.41, 5.74) is 0.0469. The van der Waals surface area contributed by atoms with Crippen LogP contribution in [0, 0.1) is 10.1 Å². The first-order valence-electron chi connectivity index (χ1n) is 7.22. The van der Waals surface area contributed by atoms with Crippen LogP contribution in [-0.2, 0) is 11.0 Å². The molecular formula is C18H12F3NO4. The lowest BCUT2D eigenvalue weighted by atomic mass is 9.96. The predicted octanol–water partition coefficient (Wildman–Crippen LogP) is 4.69. The maximum atomic E-state index is 12.7. The number of benzene rings is 2. The molecule has 8 heteroatoms. The molecule has 0 unspecified atom stereocenters. The van der Waals surface area contributed by atoms with Crippen molar-refractivity contribution in [3.63, 3.8) is 0 Å². The minimum absolute atomic E-state index is 0.192. The quantitative estimate of drug-likeness (QED) is 0.362. The molecule has 0 amide bonds. The molecule has 26 heavy (non-hydrogen) atoms. The number of hydrogen-bond donors (Lipinski definition) is 1. The summed E-state index contributed by atoms with van der Waals surface area (Å²) in [5.74, 6) is -1.20. The summed E-state index contributed by atoms with van der Waals surface area (Å²) in [6, 6.07) is 9.75. The number of nitro groups is 1. The van der Waals surface area contributed by atoms with Crippen LogP contribution in [0.3, 0.4) is 0 Å². The summed E-state index contributed by atoms with van der Waals surface area (Å²) in [6.45, 7) is 0. The topological polar surface area (TPSA) is 80.4 Å². The van der Waals surface area contributed by atoms with Gasteiger partial charge in [0.15, 0.2) is 0 Å². The average Bonchev–Trinajstić information content (AvgIpc) is 2.58. The van der Waals surface area contributed by atoms with Crippen molar-refractivity contribution in [1.29, 1.82) is 0 Å². The third-order valence-corrected chi connectivity index (χ3v) is 3.39. The van der Waals surface area contributed by atoms with Gasteiger partial charge in [0.05, 0.1) is 10.5 Å². The van der Waals surface area contributed by atoms with Crippen LogP contribution in [0.25, 0.3) is 5.57 Å². The lowest BCUT2D eigenvalue weighted by Gasteiger charge is -2.11. The minimum atomic E-state index is -4.49. The molecule has 0 heterocycles. The summed E-state index contributed by atoms with van der Waals surface area (Å²) < 4.78 is 38.1. The number of nitrogens with zero attached hydrogens (tertiary/aromatic N) is 1. The van der Waals surface area contributed by atoms with E-state index in [1.807, 2.05) is 0 Å². The van der Waals surface area contributed by atoms with E-state index in [4.69, 9.17) is 5.11 Å². The third kappa shape index (κ3) is 4.79. The number of halogens is 3. The Morgan fingerprint density at radius 2 is 1.73 bits per heavy atom. The van der Waals surface area contributed by atoms with Crippen molar-refractivity contribution in [3.8, 4) is 0 Å². The molecule has 2 rings (SSSR count). The molecule has 0 radical (unpaired) electrons. The van der Waals surface area contributed by atoms with Gasteiger partial charge in [0.2, 0.25) is 0 Å². The van der Waals surface area contributed by atoms with Crippen LogP contribution in [0.1, 0.15) is 16.7 Å². The average molecular weight is 363 g/mol. The van der Waals surface area contributed by atoms with Crippen molar-refractivity contribution in [3.05, 3.63) is 93.6 Å². The van der Waals surface area contributed by atoms with E-state index in [-0.39, 0.29) is 5.69 Å². The second-order valence-corrected chi connectivity index (χ2v) is 5.16. The molecule has 0 aromatic heterocycles. The van der Waals surface area contributed by atoms with E-state index in [9.17, 15) is 28.1 Å². The van der Waals surface area contributed by atoms with Crippen LogP contribution in [0.4, 0.5) is 18.9 Å². The zero-order chi connectivity index (χ0) is 19.3. The molecular weight excluding hydrogens is 351 g/mol. The Kier molecular flexibility index (Phi) is 5.56. The first-order valence-corrected chi connectivity index (χ1v) is 7.22. The van der Waals surface area contributed by atoms with Gasteiger partial charge in [-0.1, -0.05) is 36.4 Å². The predicted molar refractivity (Wildman–Crippen MR) is 88.4 cm³/mol. The molecule has 134 valence electrons. The Morgan fingerprint density at radius 1 is 1.08 bits per heavy atom. The summed E-state index contributed by atoms with van der Waals surface area (Å²) in [6.07, 6.45) is -1.07. The number of aliphatic carboxylic acids is 1. The molecule has 0 saturated heterocycles. The van der Waals surface area contributed by atoms with E-state index in [1.54, 1.807) is 6.07 Å². The molecule has 0 atom stereocenters. The maximum Gasteiger partial charge on any atom is 0.416 e. The Labute approximate surface area is 145 Å². The number of allylic oxidation sites excluding steroid dienone is 2. The van der Waals surface area contributed by atoms with Gasteiger partial charge in [-0.25, -0.2) is 4.79 Å². The van der Waals surface area contributed by atoms with E-state index in [0.717, 1.165) is 18.2 Å². The van der Waals surface area contributed by atoms with Gasteiger partial charge in [0.25, 0.3) is 5.69 Å². The lowest BCUT2D eigenvalue weighted by Crippen LogP contribution is -2.04. The first kappa shape index (κ1) is 18.9. The van der Waals surface area contributed by atoms with E-state index < -0.39 is 22.6 Å². The second-order valence-electron chi connectivity index (χ2n) is 5.16. The third-order valence-electron chi connectivity index (χ3n) is 3.39. The minimum Gasteiger partial charge on any atom is -0.478 e. The van der Waals surface area contributed by atoms with Crippen molar-refractivity contribution >= 4 is 17.2 Å². The SMILES string of the molecule is O=C(O)/C=C/C=C(\c1ccc(C(F)(F)F)cc1)c1cccc([N+](=O)[O-])c1. The molecule has 0 spiro atoms. The summed E-state index contributed by atoms with van der Waals surface area (Å²) in [5, 5.41) is 19.6. The van der Waals surface area contributed by atoms with Gasteiger partial charge < -0.3 is 5.11 Å². The van der Waals surface area contributed by atoms with Crippen LogP contribution in [0.5, 0.6) is 0 Å². The van der Waals surface area contributed by atoms with Crippen LogP contribution < -0.4 is 0 Å². The van der Waals surface area contributed by atoms with Crippen molar-refractivity contribution in [1.82, 2.24) is 0 Å². The summed E-state index contributed by atoms with van der Waals surface area (Å²) in [7, 11) is 0. The monoisotopic (exact) mass is 363 g/mol. The van der Waals surface area contributed by atoms with Gasteiger partial charge in [-0.3, -0.25) is 10.1 Å². The van der Waals surface area contributed by atoms with Gasteiger partial charge in [0, 0.05) is 18.2 Å². The fourth-order valence-corrected chi connectivity index (χ4v) is 2.21. The highest BCUT2D eigenvalue weighted by atomic mass is 19.4. The maximum absolute atomic E-state index is 12.7. The highest BCUT2D eigenvalue weighted by Gasteiger charge is 2.30. The van der Waals surface area contributed by atoms with Crippen molar-refractivity contribution in [2.24, 2.45) is 0 Å². The number of nitro benzene ring substituents is 1. The molecule has 2 aromatic rings. The number of carboxylic acids is 1. The van der Waals surface area contributed by atoms with Gasteiger partial charge >= 0.3 is 12.1 Å². The molecule has 0 saturated carbocycles. The Bertz CT molecular complexity index is 884. The standard InChI is InChI=1S/C18H12F3NO4/c19-18(20,21)14-9-7-12(8-10-14)16(5-2-6-17(23)24)13-3-1-4-15(11-13)22(25)26/h1-11H,(H,23,24)/b6-2+,16-5+. The number of carboxylic acid groups (broad SMARTS) is 1. The van der Waals surface area contributed by atoms with Crippen LogP contribution in [0.15, 0.2) is 66.8 Å². The molecule has 0 bridgehead atoms. The fourth-order valence-electron chi connectivity index (χ4n) is 2.21. The largest absolute Gasteiger partial charge is 0.478 e. The second kappa shape index (κ2) is 7.64.